The molecule has 0 aliphatic carbocycles. The Balaban J connectivity index is 1.57. The first-order valence-corrected chi connectivity index (χ1v) is 13.8. The molecule has 0 atom stereocenters. The van der Waals surface area contributed by atoms with Crippen LogP contribution in [0, 0.1) is 0 Å². The molecule has 5 rings (SSSR count). The van der Waals surface area contributed by atoms with E-state index in [0.717, 1.165) is 32.3 Å². The molecule has 0 bridgehead atoms. The van der Waals surface area contributed by atoms with Crippen LogP contribution in [0.2, 0.25) is 0 Å². The van der Waals surface area contributed by atoms with Gasteiger partial charge < -0.3 is 9.80 Å². The molecule has 0 aromatic heterocycles. The molecule has 1 heterocycles. The summed E-state index contributed by atoms with van der Waals surface area (Å²) < 4.78 is 0. The van der Waals surface area contributed by atoms with Gasteiger partial charge in [-0.3, -0.25) is 0 Å². The van der Waals surface area contributed by atoms with Gasteiger partial charge in [0.1, 0.15) is 23.2 Å². The number of hydrogen-bond donors (Lipinski definition) is 0. The van der Waals surface area contributed by atoms with Gasteiger partial charge in [0.05, 0.1) is 6.16 Å². The largest absolute Gasteiger partial charge is 0.369 e. The summed E-state index contributed by atoms with van der Waals surface area (Å²) in [7, 11) is 0.358. The highest BCUT2D eigenvalue weighted by Crippen LogP contribution is 2.58. The molecule has 1 aliphatic rings. The number of anilines is 1. The second-order valence-electron chi connectivity index (χ2n) is 8.93. The molecule has 166 valence electrons. The number of benzene rings is 4. The van der Waals surface area contributed by atoms with Gasteiger partial charge in [0.15, 0.2) is 0 Å². The molecular formula is C30H32N2P+. The topological polar surface area (TPSA) is 6.48 Å². The van der Waals surface area contributed by atoms with Gasteiger partial charge in [-0.2, -0.15) is 0 Å². The molecule has 3 heteroatoms. The summed E-state index contributed by atoms with van der Waals surface area (Å²) >= 11 is 0. The maximum Gasteiger partial charge on any atom is 0.116 e. The van der Waals surface area contributed by atoms with Crippen LogP contribution >= 0.6 is 7.26 Å². The first kappa shape index (κ1) is 21.9. The van der Waals surface area contributed by atoms with Crippen LogP contribution < -0.4 is 20.8 Å². The minimum absolute atomic E-state index is 1.02. The molecule has 4 aromatic rings. The zero-order valence-corrected chi connectivity index (χ0v) is 20.2. The molecule has 0 unspecified atom stereocenters. The number of likely N-dealkylation sites (N-methyl/N-ethyl adjacent to an activating group) is 1. The summed E-state index contributed by atoms with van der Waals surface area (Å²) in [6, 6.07) is 42.8. The quantitative estimate of drug-likeness (QED) is 0.384. The third kappa shape index (κ3) is 4.60. The second kappa shape index (κ2) is 9.91. The van der Waals surface area contributed by atoms with Gasteiger partial charge in [-0.15, -0.1) is 0 Å². The van der Waals surface area contributed by atoms with Gasteiger partial charge in [-0.05, 0) is 61.1 Å². The van der Waals surface area contributed by atoms with Crippen LogP contribution in [-0.2, 0) is 6.16 Å². The van der Waals surface area contributed by atoms with Gasteiger partial charge in [0.25, 0.3) is 0 Å². The van der Waals surface area contributed by atoms with Crippen molar-refractivity contribution in [2.75, 3.05) is 38.1 Å². The average molecular weight is 452 g/mol. The van der Waals surface area contributed by atoms with Crippen molar-refractivity contribution >= 4 is 28.9 Å². The van der Waals surface area contributed by atoms with Crippen molar-refractivity contribution in [1.82, 2.24) is 4.90 Å². The Morgan fingerprint density at radius 2 is 0.970 bits per heavy atom. The van der Waals surface area contributed by atoms with Gasteiger partial charge in [0, 0.05) is 31.9 Å². The lowest BCUT2D eigenvalue weighted by Crippen LogP contribution is -2.44. The Morgan fingerprint density at radius 3 is 1.39 bits per heavy atom. The van der Waals surface area contributed by atoms with E-state index in [1.54, 1.807) is 0 Å². The Bertz CT molecular complexity index is 1040. The summed E-state index contributed by atoms with van der Waals surface area (Å²) in [5.74, 6) is 0. The van der Waals surface area contributed by atoms with E-state index in [-0.39, 0.29) is 0 Å². The van der Waals surface area contributed by atoms with Crippen LogP contribution in [0.25, 0.3) is 0 Å². The van der Waals surface area contributed by atoms with Crippen LogP contribution in [-0.4, -0.2) is 38.1 Å². The van der Waals surface area contributed by atoms with Crippen LogP contribution in [0.5, 0.6) is 0 Å². The first-order valence-electron chi connectivity index (χ1n) is 11.8. The lowest BCUT2D eigenvalue weighted by molar-refractivity contribution is 0.313. The van der Waals surface area contributed by atoms with E-state index in [9.17, 15) is 0 Å². The summed E-state index contributed by atoms with van der Waals surface area (Å²) in [4.78, 5) is 4.92. The van der Waals surface area contributed by atoms with E-state index >= 15 is 0 Å². The molecular weight excluding hydrogens is 419 g/mol. The highest BCUT2D eigenvalue weighted by atomic mass is 31.2. The number of piperazine rings is 1. The molecule has 1 saturated heterocycles. The van der Waals surface area contributed by atoms with Gasteiger partial charge >= 0.3 is 0 Å². The van der Waals surface area contributed by atoms with Gasteiger partial charge in [0.2, 0.25) is 0 Å². The summed E-state index contributed by atoms with van der Waals surface area (Å²) in [5, 5.41) is 4.31. The smallest absolute Gasteiger partial charge is 0.116 e. The molecule has 4 aromatic carbocycles. The fourth-order valence-electron chi connectivity index (χ4n) is 4.92. The number of rotatable bonds is 6. The zero-order chi connectivity index (χ0) is 22.5. The van der Waals surface area contributed by atoms with Crippen molar-refractivity contribution in [3.63, 3.8) is 0 Å². The molecule has 1 aliphatic heterocycles. The van der Waals surface area contributed by atoms with E-state index in [0.29, 0.717) is 0 Å². The Kier molecular flexibility index (Phi) is 6.58. The van der Waals surface area contributed by atoms with E-state index < -0.39 is 7.26 Å². The predicted molar refractivity (Wildman–Crippen MR) is 145 cm³/mol. The van der Waals surface area contributed by atoms with Crippen molar-refractivity contribution in [2.45, 2.75) is 6.16 Å². The summed E-state index contributed by atoms with van der Waals surface area (Å²) in [6.45, 7) is 4.47. The molecule has 2 nitrogen and oxygen atoms in total. The van der Waals surface area contributed by atoms with Crippen molar-refractivity contribution in [1.29, 1.82) is 0 Å². The SMILES string of the molecule is CN1CCN(c2ccc(C[P+](c3ccccc3)(c3ccccc3)c3ccccc3)cc2)CC1. The van der Waals surface area contributed by atoms with Gasteiger partial charge in [-0.1, -0.05) is 66.7 Å². The maximum absolute atomic E-state index is 2.51. The zero-order valence-electron chi connectivity index (χ0n) is 19.3. The molecule has 0 saturated carbocycles. The van der Waals surface area contributed by atoms with E-state index in [2.05, 4.69) is 132 Å². The standard InChI is InChI=1S/C30H32N2P/c1-31-21-23-32(24-22-31)27-19-17-26(18-20-27)25-33(28-11-5-2-6-12-28,29-13-7-3-8-14-29)30-15-9-4-10-16-30/h2-20H,21-25H2,1H3/q+1. The van der Waals surface area contributed by atoms with E-state index in [1.807, 2.05) is 0 Å². The lowest BCUT2D eigenvalue weighted by atomic mass is 10.2. The van der Waals surface area contributed by atoms with Crippen LogP contribution in [0.4, 0.5) is 5.69 Å². The third-order valence-corrected chi connectivity index (χ3v) is 11.2. The minimum atomic E-state index is -1.85. The van der Waals surface area contributed by atoms with E-state index in [4.69, 9.17) is 0 Å². The summed E-state index contributed by atoms with van der Waals surface area (Å²) in [6.07, 6.45) is 1.02. The van der Waals surface area contributed by atoms with Crippen molar-refractivity contribution in [3.8, 4) is 0 Å². The van der Waals surface area contributed by atoms with Gasteiger partial charge in [-0.25, -0.2) is 0 Å². The van der Waals surface area contributed by atoms with Crippen molar-refractivity contribution in [3.05, 3.63) is 121 Å². The molecule has 0 N–H and O–H groups in total. The number of nitrogens with zero attached hydrogens (tertiary/aromatic N) is 2. The second-order valence-corrected chi connectivity index (χ2v) is 12.4. The van der Waals surface area contributed by atoms with Crippen LogP contribution in [0.15, 0.2) is 115 Å². The Labute approximate surface area is 198 Å². The fourth-order valence-corrected chi connectivity index (χ4v) is 9.16. The van der Waals surface area contributed by atoms with E-state index in [1.165, 1.54) is 27.2 Å². The molecule has 0 amide bonds. The highest BCUT2D eigenvalue weighted by molar-refractivity contribution is 7.95. The minimum Gasteiger partial charge on any atom is -0.369 e. The predicted octanol–water partition coefficient (Wildman–Crippen LogP) is 4.93. The molecule has 0 spiro atoms. The summed E-state index contributed by atoms with van der Waals surface area (Å²) in [5.41, 5.74) is 2.74. The Morgan fingerprint density at radius 1 is 0.545 bits per heavy atom. The third-order valence-electron chi connectivity index (χ3n) is 6.82. The number of hydrogen-bond acceptors (Lipinski definition) is 2. The van der Waals surface area contributed by atoms with Crippen LogP contribution in [0.3, 0.4) is 0 Å². The lowest BCUT2D eigenvalue weighted by Gasteiger charge is -2.34. The molecule has 0 radical (unpaired) electrons. The molecule has 1 fully saturated rings. The highest BCUT2D eigenvalue weighted by Gasteiger charge is 2.45. The molecule has 33 heavy (non-hydrogen) atoms. The van der Waals surface area contributed by atoms with Crippen molar-refractivity contribution in [2.24, 2.45) is 0 Å². The van der Waals surface area contributed by atoms with Crippen molar-refractivity contribution < 1.29 is 0 Å². The average Bonchev–Trinajstić information content (AvgIpc) is 2.90. The normalized spacial score (nSPS) is 14.9. The fraction of sp³-hybridized carbons (Fsp3) is 0.200. The Hall–Kier alpha value is -2.93. The monoisotopic (exact) mass is 451 g/mol. The van der Waals surface area contributed by atoms with Crippen LogP contribution in [0.1, 0.15) is 5.56 Å². The first-order chi connectivity index (χ1) is 16.3. The maximum atomic E-state index is 2.51.